The van der Waals surface area contributed by atoms with Gasteiger partial charge in [0, 0.05) is 29.1 Å². The Morgan fingerprint density at radius 1 is 1.25 bits per heavy atom. The number of rotatable bonds is 7. The number of ketones is 1. The van der Waals surface area contributed by atoms with Gasteiger partial charge in [0.2, 0.25) is 5.78 Å². The van der Waals surface area contributed by atoms with Crippen LogP contribution in [-0.4, -0.2) is 23.3 Å². The van der Waals surface area contributed by atoms with Gasteiger partial charge < -0.3 is 9.72 Å². The minimum Gasteiger partial charge on any atom is -0.457 e. The van der Waals surface area contributed by atoms with Gasteiger partial charge in [-0.3, -0.25) is 9.59 Å². The molecule has 0 amide bonds. The first-order valence-electron chi connectivity index (χ1n) is 7.98. The Balaban J connectivity index is 1.60. The zero-order valence-corrected chi connectivity index (χ0v) is 14.3. The van der Waals surface area contributed by atoms with Crippen molar-refractivity contribution in [2.24, 2.45) is 0 Å². The van der Waals surface area contributed by atoms with E-state index >= 15 is 0 Å². The van der Waals surface area contributed by atoms with Crippen LogP contribution in [0.15, 0.2) is 41.2 Å². The van der Waals surface area contributed by atoms with Crippen LogP contribution in [0.4, 0.5) is 0 Å². The van der Waals surface area contributed by atoms with Gasteiger partial charge in [-0.05, 0) is 40.8 Å². The van der Waals surface area contributed by atoms with Crippen LogP contribution in [0.25, 0.3) is 10.9 Å². The normalized spacial score (nSPS) is 10.9. The van der Waals surface area contributed by atoms with Crippen molar-refractivity contribution >= 4 is 34.0 Å². The molecule has 5 heteroatoms. The fraction of sp³-hybridized carbons (Fsp3) is 0.263. The number of Topliss-reactive ketones (excluding diaryl/α,β-unsaturated/α-hetero) is 1. The molecule has 3 rings (SSSR count). The number of hydrogen-bond donors (Lipinski definition) is 1. The molecule has 4 nitrogen and oxygen atoms in total. The zero-order valence-electron chi connectivity index (χ0n) is 13.5. The van der Waals surface area contributed by atoms with Crippen molar-refractivity contribution in [2.75, 3.05) is 6.61 Å². The molecule has 0 atom stereocenters. The van der Waals surface area contributed by atoms with E-state index in [0.29, 0.717) is 12.0 Å². The molecule has 1 aromatic carbocycles. The van der Waals surface area contributed by atoms with E-state index < -0.39 is 0 Å². The molecule has 0 fully saturated rings. The first-order valence-corrected chi connectivity index (χ1v) is 8.92. The smallest absolute Gasteiger partial charge is 0.306 e. The van der Waals surface area contributed by atoms with E-state index in [0.717, 1.165) is 22.9 Å². The van der Waals surface area contributed by atoms with E-state index in [1.165, 1.54) is 5.56 Å². The lowest BCUT2D eigenvalue weighted by Crippen LogP contribution is -2.14. The molecule has 0 saturated carbocycles. The van der Waals surface area contributed by atoms with Gasteiger partial charge in [0.15, 0.2) is 6.61 Å². The number of carbonyl (C=O) groups excluding carboxylic acids is 2. The number of aromatic amines is 1. The molecule has 0 saturated heterocycles. The highest BCUT2D eigenvalue weighted by Gasteiger charge is 2.15. The zero-order chi connectivity index (χ0) is 16.9. The second-order valence-electron chi connectivity index (χ2n) is 5.61. The summed E-state index contributed by atoms with van der Waals surface area (Å²) in [6.07, 6.45) is 3.52. The summed E-state index contributed by atoms with van der Waals surface area (Å²) in [5, 5.41) is 4.87. The van der Waals surface area contributed by atoms with Crippen molar-refractivity contribution in [2.45, 2.75) is 26.2 Å². The third kappa shape index (κ3) is 3.57. The number of ether oxygens (including phenoxy) is 1. The predicted molar refractivity (Wildman–Crippen MR) is 95.6 cm³/mol. The Kier molecular flexibility index (Phi) is 5.11. The third-order valence-corrected chi connectivity index (χ3v) is 4.78. The van der Waals surface area contributed by atoms with Gasteiger partial charge in [-0.15, -0.1) is 0 Å². The van der Waals surface area contributed by atoms with Crippen LogP contribution in [0, 0.1) is 0 Å². The number of esters is 1. The van der Waals surface area contributed by atoms with Crippen LogP contribution >= 0.6 is 11.3 Å². The summed E-state index contributed by atoms with van der Waals surface area (Å²) in [5.74, 6) is -0.526. The summed E-state index contributed by atoms with van der Waals surface area (Å²) in [5.41, 5.74) is 3.84. The van der Waals surface area contributed by atoms with Crippen molar-refractivity contribution < 1.29 is 14.3 Å². The SMILES string of the molecule is CCc1cccc2c(C(=O)COC(=O)CCc3ccsc3)c[nH]c12. The van der Waals surface area contributed by atoms with Crippen LogP contribution in [-0.2, 0) is 22.4 Å². The minimum absolute atomic E-state index is 0.182. The molecule has 24 heavy (non-hydrogen) atoms. The molecule has 0 bridgehead atoms. The molecule has 0 aliphatic carbocycles. The molecule has 0 unspecified atom stereocenters. The van der Waals surface area contributed by atoms with Gasteiger partial charge in [-0.25, -0.2) is 0 Å². The number of para-hydroxylation sites is 1. The number of fused-ring (bicyclic) bond motifs is 1. The molecule has 3 aromatic rings. The average Bonchev–Trinajstić information content (AvgIpc) is 3.26. The van der Waals surface area contributed by atoms with Gasteiger partial charge in [-0.2, -0.15) is 11.3 Å². The van der Waals surface area contributed by atoms with Crippen molar-refractivity contribution in [1.29, 1.82) is 0 Å². The van der Waals surface area contributed by atoms with Crippen LogP contribution in [0.1, 0.15) is 34.8 Å². The molecule has 0 aliphatic rings. The standard InChI is InChI=1S/C19H19NO3S/c1-2-14-4-3-5-15-16(10-20-19(14)15)17(21)11-23-18(22)7-6-13-8-9-24-12-13/h3-5,8-10,12,20H,2,6-7,11H2,1H3. The van der Waals surface area contributed by atoms with E-state index in [1.54, 1.807) is 17.5 Å². The number of hydrogen-bond acceptors (Lipinski definition) is 4. The van der Waals surface area contributed by atoms with Crippen LogP contribution in [0.5, 0.6) is 0 Å². The summed E-state index contributed by atoms with van der Waals surface area (Å²) in [7, 11) is 0. The van der Waals surface area contributed by atoms with E-state index in [4.69, 9.17) is 4.74 Å². The average molecular weight is 341 g/mol. The lowest BCUT2D eigenvalue weighted by Gasteiger charge is -2.04. The molecule has 2 heterocycles. The number of aryl methyl sites for hydroxylation is 2. The first-order chi connectivity index (χ1) is 11.7. The molecular weight excluding hydrogens is 322 g/mol. The van der Waals surface area contributed by atoms with Gasteiger partial charge in [-0.1, -0.05) is 25.1 Å². The second-order valence-corrected chi connectivity index (χ2v) is 6.39. The highest BCUT2D eigenvalue weighted by Crippen LogP contribution is 2.22. The Morgan fingerprint density at radius 2 is 2.12 bits per heavy atom. The van der Waals surface area contributed by atoms with E-state index in [-0.39, 0.29) is 24.8 Å². The maximum Gasteiger partial charge on any atom is 0.306 e. The quantitative estimate of drug-likeness (QED) is 0.519. The van der Waals surface area contributed by atoms with Crippen LogP contribution in [0.2, 0.25) is 0 Å². The summed E-state index contributed by atoms with van der Waals surface area (Å²) in [6.45, 7) is 1.86. The topological polar surface area (TPSA) is 59.2 Å². The molecule has 2 aromatic heterocycles. The number of H-pyrrole nitrogens is 1. The largest absolute Gasteiger partial charge is 0.457 e. The number of thiophene rings is 1. The highest BCUT2D eigenvalue weighted by molar-refractivity contribution is 7.07. The van der Waals surface area contributed by atoms with Crippen LogP contribution < -0.4 is 0 Å². The number of aromatic nitrogens is 1. The van der Waals surface area contributed by atoms with Crippen molar-refractivity contribution in [3.8, 4) is 0 Å². The number of carbonyl (C=O) groups is 2. The minimum atomic E-state index is -0.344. The summed E-state index contributed by atoms with van der Waals surface area (Å²) < 4.78 is 5.13. The summed E-state index contributed by atoms with van der Waals surface area (Å²) in [4.78, 5) is 27.3. The Bertz CT molecular complexity index is 849. The molecule has 124 valence electrons. The highest BCUT2D eigenvalue weighted by atomic mass is 32.1. The van der Waals surface area contributed by atoms with E-state index in [1.807, 2.05) is 35.0 Å². The Hall–Kier alpha value is -2.40. The predicted octanol–water partition coefficient (Wildman–Crippen LogP) is 4.15. The monoisotopic (exact) mass is 341 g/mol. The van der Waals surface area contributed by atoms with Gasteiger partial charge in [0.1, 0.15) is 0 Å². The summed E-state index contributed by atoms with van der Waals surface area (Å²) in [6, 6.07) is 7.88. The molecule has 0 aliphatic heterocycles. The van der Waals surface area contributed by atoms with Gasteiger partial charge in [0.05, 0.1) is 0 Å². The van der Waals surface area contributed by atoms with Crippen molar-refractivity contribution in [1.82, 2.24) is 4.98 Å². The molecule has 0 radical (unpaired) electrons. The molecule has 1 N–H and O–H groups in total. The Morgan fingerprint density at radius 3 is 2.88 bits per heavy atom. The van der Waals surface area contributed by atoms with Gasteiger partial charge in [0.25, 0.3) is 0 Å². The van der Waals surface area contributed by atoms with E-state index in [9.17, 15) is 9.59 Å². The fourth-order valence-electron chi connectivity index (χ4n) is 2.72. The fourth-order valence-corrected chi connectivity index (χ4v) is 3.42. The van der Waals surface area contributed by atoms with Crippen molar-refractivity contribution in [3.05, 3.63) is 57.9 Å². The second kappa shape index (κ2) is 7.45. The van der Waals surface area contributed by atoms with Gasteiger partial charge >= 0.3 is 5.97 Å². The van der Waals surface area contributed by atoms with E-state index in [2.05, 4.69) is 11.9 Å². The van der Waals surface area contributed by atoms with Crippen molar-refractivity contribution in [3.63, 3.8) is 0 Å². The maximum atomic E-state index is 12.4. The summed E-state index contributed by atoms with van der Waals surface area (Å²) >= 11 is 1.60. The first kappa shape index (κ1) is 16.5. The Labute approximate surface area is 144 Å². The number of nitrogens with one attached hydrogen (secondary N) is 1. The number of benzene rings is 1. The lowest BCUT2D eigenvalue weighted by molar-refractivity contribution is -0.142. The lowest BCUT2D eigenvalue weighted by atomic mass is 10.1. The maximum absolute atomic E-state index is 12.4. The molecule has 0 spiro atoms. The van der Waals surface area contributed by atoms with Crippen LogP contribution in [0.3, 0.4) is 0 Å². The third-order valence-electron chi connectivity index (χ3n) is 4.05. The molecular formula is C19H19NO3S.